The molecule has 0 bridgehead atoms. The third-order valence-corrected chi connectivity index (χ3v) is 1.98. The zero-order valence-corrected chi connectivity index (χ0v) is 7.28. The van der Waals surface area contributed by atoms with Crippen molar-refractivity contribution in [2.75, 3.05) is 5.73 Å². The van der Waals surface area contributed by atoms with Gasteiger partial charge in [-0.25, -0.2) is 9.97 Å². The molecule has 2 heterocycles. The van der Waals surface area contributed by atoms with Crippen molar-refractivity contribution in [3.63, 3.8) is 0 Å². The van der Waals surface area contributed by atoms with Gasteiger partial charge in [-0.1, -0.05) is 0 Å². The van der Waals surface area contributed by atoms with E-state index >= 15 is 0 Å². The molecule has 0 aliphatic rings. The molecule has 4 heteroatoms. The van der Waals surface area contributed by atoms with Crippen LogP contribution in [-0.2, 0) is 0 Å². The van der Waals surface area contributed by atoms with Crippen molar-refractivity contribution in [2.45, 2.75) is 6.92 Å². The molecule has 0 saturated carbocycles. The summed E-state index contributed by atoms with van der Waals surface area (Å²) in [6.45, 7) is 1.91. The van der Waals surface area contributed by atoms with Crippen LogP contribution in [0.15, 0.2) is 24.7 Å². The first-order valence-electron chi connectivity index (χ1n) is 4.00. The first-order chi connectivity index (χ1) is 6.29. The molecule has 2 rings (SSSR count). The minimum absolute atomic E-state index is 0.527. The van der Waals surface area contributed by atoms with Crippen molar-refractivity contribution in [1.82, 2.24) is 15.0 Å². The van der Waals surface area contributed by atoms with E-state index in [0.717, 1.165) is 17.0 Å². The van der Waals surface area contributed by atoms with E-state index in [0.29, 0.717) is 5.82 Å². The summed E-state index contributed by atoms with van der Waals surface area (Å²) in [5.41, 5.74) is 8.39. The van der Waals surface area contributed by atoms with E-state index < -0.39 is 0 Å². The highest BCUT2D eigenvalue weighted by atomic mass is 14.9. The molecule has 0 unspecified atom stereocenters. The molecule has 0 saturated heterocycles. The van der Waals surface area contributed by atoms with Gasteiger partial charge >= 0.3 is 0 Å². The summed E-state index contributed by atoms with van der Waals surface area (Å²) in [7, 11) is 0. The van der Waals surface area contributed by atoms with E-state index in [9.17, 15) is 0 Å². The molecule has 0 fully saturated rings. The number of H-pyrrole nitrogens is 1. The Hall–Kier alpha value is -1.84. The number of nitrogens with two attached hydrogens (primary N) is 1. The highest BCUT2D eigenvalue weighted by Gasteiger charge is 2.06. The normalized spacial score (nSPS) is 10.2. The van der Waals surface area contributed by atoms with Crippen LogP contribution in [0.25, 0.3) is 11.4 Å². The average molecular weight is 174 g/mol. The van der Waals surface area contributed by atoms with Crippen LogP contribution in [0.2, 0.25) is 0 Å². The van der Waals surface area contributed by atoms with Crippen LogP contribution in [0, 0.1) is 6.92 Å². The first kappa shape index (κ1) is 7.79. The molecule has 0 radical (unpaired) electrons. The molecular weight excluding hydrogens is 164 g/mol. The first-order valence-corrected chi connectivity index (χ1v) is 4.00. The van der Waals surface area contributed by atoms with E-state index in [4.69, 9.17) is 5.73 Å². The molecule has 4 nitrogen and oxygen atoms in total. The summed E-state index contributed by atoms with van der Waals surface area (Å²) in [5.74, 6) is 0.527. The maximum atomic E-state index is 5.66. The molecular formula is C9H10N4. The van der Waals surface area contributed by atoms with Crippen LogP contribution >= 0.6 is 0 Å². The largest absolute Gasteiger partial charge is 0.383 e. The fourth-order valence-electron chi connectivity index (χ4n) is 1.21. The Morgan fingerprint density at radius 1 is 1.38 bits per heavy atom. The number of aromatic nitrogens is 3. The average Bonchev–Trinajstić information content (AvgIpc) is 2.62. The summed E-state index contributed by atoms with van der Waals surface area (Å²) in [5, 5.41) is 0. The van der Waals surface area contributed by atoms with Gasteiger partial charge in [-0.05, 0) is 19.1 Å². The second-order valence-corrected chi connectivity index (χ2v) is 2.82. The van der Waals surface area contributed by atoms with E-state index in [-0.39, 0.29) is 0 Å². The van der Waals surface area contributed by atoms with E-state index in [1.807, 2.05) is 25.3 Å². The number of hydrogen-bond donors (Lipinski definition) is 2. The van der Waals surface area contributed by atoms with Gasteiger partial charge in [-0.15, -0.1) is 0 Å². The molecule has 2 aromatic rings. The fourth-order valence-corrected chi connectivity index (χ4v) is 1.21. The van der Waals surface area contributed by atoms with Crippen molar-refractivity contribution >= 4 is 5.82 Å². The molecule has 0 amide bonds. The Labute approximate surface area is 75.8 Å². The van der Waals surface area contributed by atoms with Crippen molar-refractivity contribution < 1.29 is 0 Å². The zero-order valence-electron chi connectivity index (χ0n) is 7.28. The molecule has 0 aliphatic heterocycles. The predicted molar refractivity (Wildman–Crippen MR) is 51.0 cm³/mol. The topological polar surface area (TPSA) is 67.6 Å². The monoisotopic (exact) mass is 174 g/mol. The molecule has 66 valence electrons. The lowest BCUT2D eigenvalue weighted by Gasteiger charge is -2.03. The third-order valence-electron chi connectivity index (χ3n) is 1.98. The Balaban J connectivity index is 2.59. The van der Waals surface area contributed by atoms with Gasteiger partial charge < -0.3 is 10.7 Å². The van der Waals surface area contributed by atoms with Gasteiger partial charge in [-0.2, -0.15) is 0 Å². The fraction of sp³-hybridized carbons (Fsp3) is 0.111. The highest BCUT2D eigenvalue weighted by molar-refractivity contribution is 5.63. The van der Waals surface area contributed by atoms with Gasteiger partial charge in [0.2, 0.25) is 0 Å². The summed E-state index contributed by atoms with van der Waals surface area (Å²) in [4.78, 5) is 11.1. The number of hydrogen-bond acceptors (Lipinski definition) is 3. The molecule has 3 N–H and O–H groups in total. The van der Waals surface area contributed by atoms with Crippen molar-refractivity contribution in [1.29, 1.82) is 0 Å². The van der Waals surface area contributed by atoms with Crippen molar-refractivity contribution in [3.05, 3.63) is 30.2 Å². The van der Waals surface area contributed by atoms with Crippen LogP contribution in [0.5, 0.6) is 0 Å². The molecule has 2 aromatic heterocycles. The van der Waals surface area contributed by atoms with Gasteiger partial charge in [-0.3, -0.25) is 0 Å². The van der Waals surface area contributed by atoms with Crippen LogP contribution in [0.1, 0.15) is 5.56 Å². The van der Waals surface area contributed by atoms with Crippen molar-refractivity contribution in [3.8, 4) is 11.4 Å². The molecule has 0 spiro atoms. The molecule has 13 heavy (non-hydrogen) atoms. The lowest BCUT2D eigenvalue weighted by molar-refractivity contribution is 1.13. The summed E-state index contributed by atoms with van der Waals surface area (Å²) in [6, 6.07) is 3.88. The third kappa shape index (κ3) is 1.26. The standard InChI is InChI=1S/C9H10N4/c1-6-8(7-3-2-4-11-7)12-5-13-9(6)10/h2-5,11H,1H3,(H2,10,12,13). The molecule has 0 atom stereocenters. The van der Waals surface area contributed by atoms with E-state index in [2.05, 4.69) is 15.0 Å². The Kier molecular flexibility index (Phi) is 1.73. The van der Waals surface area contributed by atoms with Crippen LogP contribution in [-0.4, -0.2) is 15.0 Å². The number of anilines is 1. The van der Waals surface area contributed by atoms with Crippen molar-refractivity contribution in [2.24, 2.45) is 0 Å². The number of aromatic amines is 1. The van der Waals surface area contributed by atoms with Gasteiger partial charge in [0, 0.05) is 11.8 Å². The second-order valence-electron chi connectivity index (χ2n) is 2.82. The molecule has 0 aliphatic carbocycles. The lowest BCUT2D eigenvalue weighted by atomic mass is 10.2. The Morgan fingerprint density at radius 3 is 2.92 bits per heavy atom. The van der Waals surface area contributed by atoms with Gasteiger partial charge in [0.15, 0.2) is 0 Å². The SMILES string of the molecule is Cc1c(N)ncnc1-c1ccc[nH]1. The summed E-state index contributed by atoms with van der Waals surface area (Å²) in [6.07, 6.45) is 3.32. The highest BCUT2D eigenvalue weighted by Crippen LogP contribution is 2.20. The number of nitrogen functional groups attached to an aromatic ring is 1. The lowest BCUT2D eigenvalue weighted by Crippen LogP contribution is -1.98. The maximum Gasteiger partial charge on any atom is 0.130 e. The quantitative estimate of drug-likeness (QED) is 0.686. The number of nitrogens with one attached hydrogen (secondary N) is 1. The maximum absolute atomic E-state index is 5.66. The summed E-state index contributed by atoms with van der Waals surface area (Å²) >= 11 is 0. The van der Waals surface area contributed by atoms with E-state index in [1.54, 1.807) is 0 Å². The van der Waals surface area contributed by atoms with Gasteiger partial charge in [0.25, 0.3) is 0 Å². The van der Waals surface area contributed by atoms with E-state index in [1.165, 1.54) is 6.33 Å². The minimum Gasteiger partial charge on any atom is -0.383 e. The van der Waals surface area contributed by atoms with Crippen LogP contribution < -0.4 is 5.73 Å². The smallest absolute Gasteiger partial charge is 0.130 e. The molecule has 0 aromatic carbocycles. The number of rotatable bonds is 1. The summed E-state index contributed by atoms with van der Waals surface area (Å²) < 4.78 is 0. The minimum atomic E-state index is 0.527. The van der Waals surface area contributed by atoms with Gasteiger partial charge in [0.1, 0.15) is 12.1 Å². The number of nitrogens with zero attached hydrogens (tertiary/aromatic N) is 2. The van der Waals surface area contributed by atoms with Gasteiger partial charge in [0.05, 0.1) is 11.4 Å². The Bertz CT molecular complexity index is 406. The Morgan fingerprint density at radius 2 is 2.23 bits per heavy atom. The predicted octanol–water partition coefficient (Wildman–Crippen LogP) is 1.36. The second kappa shape index (κ2) is 2.90. The van der Waals surface area contributed by atoms with Crippen LogP contribution in [0.3, 0.4) is 0 Å². The van der Waals surface area contributed by atoms with Crippen LogP contribution in [0.4, 0.5) is 5.82 Å². The zero-order chi connectivity index (χ0) is 9.26.